The van der Waals surface area contributed by atoms with Gasteiger partial charge in [-0.05, 0) is 56.3 Å². The normalized spacial score (nSPS) is 11.5. The molecule has 0 fully saturated rings. The topological polar surface area (TPSA) is 123 Å². The van der Waals surface area contributed by atoms with Crippen LogP contribution in [0.1, 0.15) is 29.8 Å². The second-order valence-electron chi connectivity index (χ2n) is 7.05. The first-order valence-corrected chi connectivity index (χ1v) is 9.14. The van der Waals surface area contributed by atoms with Crippen LogP contribution in [0.5, 0.6) is 11.5 Å². The number of rotatable bonds is 7. The summed E-state index contributed by atoms with van der Waals surface area (Å²) in [7, 11) is 1.60. The van der Waals surface area contributed by atoms with E-state index < -0.39 is 23.4 Å². The minimum Gasteiger partial charge on any atom is -0.497 e. The van der Waals surface area contributed by atoms with Gasteiger partial charge < -0.3 is 20.5 Å². The number of ether oxygens (including phenoxy) is 2. The van der Waals surface area contributed by atoms with Gasteiger partial charge >= 0.3 is 0 Å². The van der Waals surface area contributed by atoms with E-state index in [4.69, 9.17) is 20.4 Å². The first-order chi connectivity index (χ1) is 14.2. The molecule has 0 radical (unpaired) electrons. The van der Waals surface area contributed by atoms with Gasteiger partial charge in [0.15, 0.2) is 0 Å². The van der Waals surface area contributed by atoms with E-state index in [1.165, 1.54) is 5.48 Å². The molecule has 2 aromatic rings. The van der Waals surface area contributed by atoms with E-state index in [1.807, 2.05) is 24.3 Å². The summed E-state index contributed by atoms with van der Waals surface area (Å²) in [6, 6.07) is 12.6. The molecule has 0 aliphatic rings. The van der Waals surface area contributed by atoms with E-state index >= 15 is 0 Å². The van der Waals surface area contributed by atoms with E-state index in [2.05, 4.69) is 17.2 Å². The van der Waals surface area contributed by atoms with E-state index in [0.29, 0.717) is 11.3 Å². The quantitative estimate of drug-likeness (QED) is 0.311. The van der Waals surface area contributed by atoms with Crippen LogP contribution in [-0.2, 0) is 4.79 Å². The van der Waals surface area contributed by atoms with Crippen LogP contribution in [0.15, 0.2) is 48.5 Å². The van der Waals surface area contributed by atoms with Gasteiger partial charge in [-0.25, -0.2) is 5.48 Å². The summed E-state index contributed by atoms with van der Waals surface area (Å²) in [4.78, 5) is 24.2. The maximum Gasteiger partial charge on any atom is 0.267 e. The molecule has 0 aliphatic carbocycles. The summed E-state index contributed by atoms with van der Waals surface area (Å²) in [6.45, 7) is 3.30. The van der Waals surface area contributed by atoms with Gasteiger partial charge in [0.25, 0.3) is 11.8 Å². The predicted molar refractivity (Wildman–Crippen MR) is 111 cm³/mol. The SMILES string of the molecule is COc1cccc(C#CCOc2ccc(C(=O)NC(C(=O)NO)C(C)(C)N)cc2)c1. The Hall–Kier alpha value is -3.54. The minimum atomic E-state index is -1.11. The second kappa shape index (κ2) is 10.3. The minimum absolute atomic E-state index is 0.170. The second-order valence-corrected chi connectivity index (χ2v) is 7.05. The fourth-order valence-electron chi connectivity index (χ4n) is 2.53. The van der Waals surface area contributed by atoms with Crippen LogP contribution in [0.2, 0.25) is 0 Å². The van der Waals surface area contributed by atoms with Crippen molar-refractivity contribution in [1.29, 1.82) is 0 Å². The summed E-state index contributed by atoms with van der Waals surface area (Å²) in [6.07, 6.45) is 0. The number of nitrogens with one attached hydrogen (secondary N) is 2. The van der Waals surface area contributed by atoms with E-state index in [-0.39, 0.29) is 6.61 Å². The molecule has 5 N–H and O–H groups in total. The molecule has 0 saturated carbocycles. The number of carbonyl (C=O) groups excluding carboxylic acids is 2. The molecule has 2 amide bonds. The Labute approximate surface area is 175 Å². The Balaban J connectivity index is 1.95. The summed E-state index contributed by atoms with van der Waals surface area (Å²) < 4.78 is 10.7. The molecule has 0 heterocycles. The molecule has 2 aromatic carbocycles. The van der Waals surface area contributed by atoms with Crippen LogP contribution in [0.3, 0.4) is 0 Å². The lowest BCUT2D eigenvalue weighted by Crippen LogP contribution is -2.61. The molecule has 1 unspecified atom stereocenters. The van der Waals surface area contributed by atoms with Crippen LogP contribution in [0.4, 0.5) is 0 Å². The maximum absolute atomic E-state index is 12.4. The maximum atomic E-state index is 12.4. The van der Waals surface area contributed by atoms with Gasteiger partial charge in [-0.2, -0.15) is 0 Å². The fraction of sp³-hybridized carbons (Fsp3) is 0.273. The van der Waals surface area contributed by atoms with Crippen LogP contribution in [-0.4, -0.2) is 42.3 Å². The zero-order chi connectivity index (χ0) is 22.1. The van der Waals surface area contributed by atoms with Crippen molar-refractivity contribution in [2.45, 2.75) is 25.4 Å². The van der Waals surface area contributed by atoms with Gasteiger partial charge in [-0.1, -0.05) is 17.9 Å². The highest BCUT2D eigenvalue weighted by Gasteiger charge is 2.33. The predicted octanol–water partition coefficient (Wildman–Crippen LogP) is 1.47. The third-order valence-electron chi connectivity index (χ3n) is 4.12. The summed E-state index contributed by atoms with van der Waals surface area (Å²) in [5.41, 5.74) is 7.46. The number of carbonyl (C=O) groups is 2. The molecule has 0 bridgehead atoms. The summed E-state index contributed by atoms with van der Waals surface area (Å²) in [5.74, 6) is 5.85. The number of nitrogens with two attached hydrogens (primary N) is 1. The van der Waals surface area contributed by atoms with Crippen molar-refractivity contribution in [3.05, 3.63) is 59.7 Å². The van der Waals surface area contributed by atoms with Gasteiger partial charge in [-0.3, -0.25) is 14.8 Å². The number of hydrogen-bond acceptors (Lipinski definition) is 6. The van der Waals surface area contributed by atoms with Crippen LogP contribution in [0, 0.1) is 11.8 Å². The molecule has 0 aliphatic heterocycles. The van der Waals surface area contributed by atoms with Crippen molar-refractivity contribution < 1.29 is 24.3 Å². The smallest absolute Gasteiger partial charge is 0.267 e. The number of methoxy groups -OCH3 is 1. The Morgan fingerprint density at radius 3 is 2.47 bits per heavy atom. The van der Waals surface area contributed by atoms with Crippen LogP contribution >= 0.6 is 0 Å². The van der Waals surface area contributed by atoms with Crippen molar-refractivity contribution in [3.8, 4) is 23.3 Å². The van der Waals surface area contributed by atoms with Crippen molar-refractivity contribution in [1.82, 2.24) is 10.8 Å². The molecule has 8 nitrogen and oxygen atoms in total. The molecule has 158 valence electrons. The zero-order valence-corrected chi connectivity index (χ0v) is 17.1. The molecule has 0 spiro atoms. The standard InChI is InChI=1S/C22H25N3O5/c1-22(2,23)19(21(27)25-28)24-20(26)16-9-11-17(12-10-16)30-13-5-7-15-6-4-8-18(14-15)29-3/h4,6,8-12,14,19,28H,13,23H2,1-3H3,(H,24,26)(H,25,27). The number of hydrogen-bond donors (Lipinski definition) is 4. The molecular weight excluding hydrogens is 386 g/mol. The molecule has 2 rings (SSSR count). The number of hydroxylamine groups is 1. The first-order valence-electron chi connectivity index (χ1n) is 9.14. The Kier molecular flexibility index (Phi) is 7.81. The summed E-state index contributed by atoms with van der Waals surface area (Å²) >= 11 is 0. The average molecular weight is 411 g/mol. The summed E-state index contributed by atoms with van der Waals surface area (Å²) in [5, 5.41) is 11.4. The van der Waals surface area contributed by atoms with Gasteiger partial charge in [0.2, 0.25) is 0 Å². The first kappa shape index (κ1) is 22.7. The highest BCUT2D eigenvalue weighted by atomic mass is 16.5. The number of benzene rings is 2. The van der Waals surface area contributed by atoms with E-state index in [1.54, 1.807) is 45.2 Å². The molecule has 0 saturated heterocycles. The molecule has 0 aromatic heterocycles. The Morgan fingerprint density at radius 1 is 1.17 bits per heavy atom. The van der Waals surface area contributed by atoms with Gasteiger partial charge in [0, 0.05) is 16.7 Å². The Bertz CT molecular complexity index is 940. The van der Waals surface area contributed by atoms with E-state index in [9.17, 15) is 9.59 Å². The lowest BCUT2D eigenvalue weighted by Gasteiger charge is -2.29. The molecular formula is C22H25N3O5. The highest BCUT2D eigenvalue weighted by Crippen LogP contribution is 2.14. The van der Waals surface area contributed by atoms with E-state index in [0.717, 1.165) is 11.3 Å². The lowest BCUT2D eigenvalue weighted by molar-refractivity contribution is -0.132. The zero-order valence-electron chi connectivity index (χ0n) is 17.1. The average Bonchev–Trinajstić information content (AvgIpc) is 2.74. The van der Waals surface area contributed by atoms with Gasteiger partial charge in [-0.15, -0.1) is 0 Å². The lowest BCUT2D eigenvalue weighted by atomic mass is 9.95. The Morgan fingerprint density at radius 2 is 1.87 bits per heavy atom. The monoisotopic (exact) mass is 411 g/mol. The van der Waals surface area contributed by atoms with Crippen molar-refractivity contribution in [2.75, 3.05) is 13.7 Å². The highest BCUT2D eigenvalue weighted by molar-refractivity contribution is 5.97. The number of amides is 2. The van der Waals surface area contributed by atoms with Crippen molar-refractivity contribution in [3.63, 3.8) is 0 Å². The molecule has 1 atom stereocenters. The largest absolute Gasteiger partial charge is 0.497 e. The van der Waals surface area contributed by atoms with Gasteiger partial charge in [0.1, 0.15) is 24.1 Å². The third kappa shape index (κ3) is 6.51. The van der Waals surface area contributed by atoms with Gasteiger partial charge in [0.05, 0.1) is 7.11 Å². The van der Waals surface area contributed by atoms with Crippen molar-refractivity contribution >= 4 is 11.8 Å². The van der Waals surface area contributed by atoms with Crippen LogP contribution < -0.4 is 26.0 Å². The third-order valence-corrected chi connectivity index (χ3v) is 4.12. The van der Waals surface area contributed by atoms with Crippen molar-refractivity contribution in [2.24, 2.45) is 5.73 Å². The van der Waals surface area contributed by atoms with Crippen LogP contribution in [0.25, 0.3) is 0 Å². The molecule has 8 heteroatoms. The molecule has 30 heavy (non-hydrogen) atoms. The fourth-order valence-corrected chi connectivity index (χ4v) is 2.53.